The van der Waals surface area contributed by atoms with Crippen molar-refractivity contribution in [3.8, 4) is 17.4 Å². The van der Waals surface area contributed by atoms with Crippen molar-refractivity contribution in [2.45, 2.75) is 18.3 Å². The first-order chi connectivity index (χ1) is 10.6. The van der Waals surface area contributed by atoms with Crippen LogP contribution in [0.5, 0.6) is 17.4 Å². The molecule has 22 heavy (non-hydrogen) atoms. The summed E-state index contributed by atoms with van der Waals surface area (Å²) in [6.07, 6.45) is 2.16. The molecule has 0 unspecified atom stereocenters. The van der Waals surface area contributed by atoms with Crippen molar-refractivity contribution in [2.75, 3.05) is 12.3 Å². The van der Waals surface area contributed by atoms with Crippen molar-refractivity contribution < 1.29 is 14.4 Å². The third-order valence-electron chi connectivity index (χ3n) is 4.16. The summed E-state index contributed by atoms with van der Waals surface area (Å²) in [5.74, 6) is 1.59. The number of hydrogen-bond donors (Lipinski definition) is 1. The predicted octanol–water partition coefficient (Wildman–Crippen LogP) is 2.79. The molecule has 1 aliphatic carbocycles. The molecule has 1 fully saturated rings. The summed E-state index contributed by atoms with van der Waals surface area (Å²) >= 11 is 0. The number of rotatable bonds is 3. The molecule has 0 amide bonds. The average Bonchev–Trinajstić information content (AvgIpc) is 3.15. The molecular weight excluding hydrogens is 286 g/mol. The maximum atomic E-state index is 10.8. The highest BCUT2D eigenvalue weighted by atomic mass is 16.6. The number of aromatic nitrogens is 1. The Bertz CT molecular complexity index is 786. The van der Waals surface area contributed by atoms with Crippen molar-refractivity contribution in [1.29, 1.82) is 0 Å². The monoisotopic (exact) mass is 299 g/mol. The zero-order chi connectivity index (χ0) is 15.3. The molecule has 2 N–H and O–H groups in total. The number of nitrogens with zero attached hydrogens (tertiary/aromatic N) is 2. The Morgan fingerprint density at radius 1 is 1.32 bits per heavy atom. The van der Waals surface area contributed by atoms with Crippen LogP contribution >= 0.6 is 0 Å². The normalized spacial score (nSPS) is 16.9. The maximum absolute atomic E-state index is 10.8. The molecule has 0 saturated heterocycles. The molecule has 0 radical (unpaired) electrons. The Labute approximate surface area is 125 Å². The van der Waals surface area contributed by atoms with Gasteiger partial charge in [-0.2, -0.15) is 4.98 Å². The second-order valence-corrected chi connectivity index (χ2v) is 5.61. The number of nitrogen functional groups attached to an aromatic ring is 1. The van der Waals surface area contributed by atoms with Crippen LogP contribution in [0.2, 0.25) is 0 Å². The first-order valence-corrected chi connectivity index (χ1v) is 6.94. The smallest absolute Gasteiger partial charge is 0.311 e. The number of hydrogen-bond acceptors (Lipinski definition) is 6. The summed E-state index contributed by atoms with van der Waals surface area (Å²) in [5, 5.41) is 10.8. The van der Waals surface area contributed by atoms with E-state index in [9.17, 15) is 10.1 Å². The van der Waals surface area contributed by atoms with Crippen molar-refractivity contribution >= 4 is 11.5 Å². The lowest BCUT2D eigenvalue weighted by atomic mass is 9.97. The van der Waals surface area contributed by atoms with E-state index in [4.69, 9.17) is 15.2 Å². The number of fused-ring (bicyclic) bond motifs is 2. The van der Waals surface area contributed by atoms with Crippen LogP contribution in [0, 0.1) is 10.1 Å². The predicted molar refractivity (Wildman–Crippen MR) is 78.2 cm³/mol. The van der Waals surface area contributed by atoms with Gasteiger partial charge < -0.3 is 15.2 Å². The molecular formula is C15H13N3O4. The van der Waals surface area contributed by atoms with Crippen LogP contribution in [0.15, 0.2) is 30.3 Å². The van der Waals surface area contributed by atoms with Gasteiger partial charge in [-0.1, -0.05) is 6.07 Å². The number of nitrogens with two attached hydrogens (primary N) is 1. The quantitative estimate of drug-likeness (QED) is 0.691. The fourth-order valence-electron chi connectivity index (χ4n) is 2.85. The van der Waals surface area contributed by atoms with E-state index in [1.807, 2.05) is 18.2 Å². The molecule has 112 valence electrons. The van der Waals surface area contributed by atoms with E-state index in [0.717, 1.165) is 24.2 Å². The van der Waals surface area contributed by atoms with Gasteiger partial charge in [0.2, 0.25) is 11.7 Å². The fourth-order valence-corrected chi connectivity index (χ4v) is 2.85. The number of anilines is 1. The van der Waals surface area contributed by atoms with Gasteiger partial charge in [0.25, 0.3) is 0 Å². The molecule has 1 aromatic heterocycles. The van der Waals surface area contributed by atoms with E-state index < -0.39 is 4.92 Å². The maximum Gasteiger partial charge on any atom is 0.311 e. The molecule has 1 saturated carbocycles. The van der Waals surface area contributed by atoms with Gasteiger partial charge in [-0.3, -0.25) is 10.1 Å². The molecule has 1 aliphatic heterocycles. The zero-order valence-electron chi connectivity index (χ0n) is 11.6. The van der Waals surface area contributed by atoms with Crippen LogP contribution in [0.4, 0.5) is 11.5 Å². The Morgan fingerprint density at radius 3 is 2.82 bits per heavy atom. The highest BCUT2D eigenvalue weighted by molar-refractivity contribution is 5.57. The second-order valence-electron chi connectivity index (χ2n) is 5.61. The van der Waals surface area contributed by atoms with Gasteiger partial charge in [0.1, 0.15) is 11.5 Å². The fraction of sp³-hybridized carbons (Fsp3) is 0.267. The molecule has 4 rings (SSSR count). The zero-order valence-corrected chi connectivity index (χ0v) is 11.6. The standard InChI is InChI=1S/C15H13N3O4/c16-14-9(18(19)20)4-5-12(17-14)22-11-3-1-2-10-13(11)15(6-7-15)8-21-10/h1-5H,6-8H2,(H2,16,17). The minimum Gasteiger partial charge on any atom is -0.492 e. The van der Waals surface area contributed by atoms with Gasteiger partial charge in [-0.05, 0) is 25.0 Å². The van der Waals surface area contributed by atoms with Crippen LogP contribution in [-0.2, 0) is 5.41 Å². The van der Waals surface area contributed by atoms with Gasteiger partial charge in [0, 0.05) is 23.1 Å². The van der Waals surface area contributed by atoms with E-state index in [2.05, 4.69) is 4.98 Å². The number of benzene rings is 1. The highest BCUT2D eigenvalue weighted by Gasteiger charge is 2.52. The van der Waals surface area contributed by atoms with E-state index in [1.165, 1.54) is 12.1 Å². The van der Waals surface area contributed by atoms with E-state index in [1.54, 1.807) is 0 Å². The minimum absolute atomic E-state index is 0.0677. The van der Waals surface area contributed by atoms with Crippen molar-refractivity contribution in [3.63, 3.8) is 0 Å². The van der Waals surface area contributed by atoms with Crippen molar-refractivity contribution in [3.05, 3.63) is 46.0 Å². The molecule has 0 atom stereocenters. The Hall–Kier alpha value is -2.83. The lowest BCUT2D eigenvalue weighted by Gasteiger charge is -2.12. The van der Waals surface area contributed by atoms with E-state index in [-0.39, 0.29) is 22.8 Å². The van der Waals surface area contributed by atoms with Crippen LogP contribution in [0.3, 0.4) is 0 Å². The third-order valence-corrected chi connectivity index (χ3v) is 4.16. The van der Waals surface area contributed by atoms with Crippen molar-refractivity contribution in [1.82, 2.24) is 4.98 Å². The lowest BCUT2D eigenvalue weighted by molar-refractivity contribution is -0.384. The molecule has 1 spiro atoms. The molecule has 7 heteroatoms. The van der Waals surface area contributed by atoms with E-state index in [0.29, 0.717) is 12.4 Å². The number of ether oxygens (including phenoxy) is 2. The third kappa shape index (κ3) is 1.86. The highest BCUT2D eigenvalue weighted by Crippen LogP contribution is 2.58. The second kappa shape index (κ2) is 4.33. The SMILES string of the molecule is Nc1nc(Oc2cccc3c2C2(CC2)CO3)ccc1[N+](=O)[O-]. The summed E-state index contributed by atoms with van der Waals surface area (Å²) in [6, 6.07) is 8.37. The first kappa shape index (κ1) is 12.9. The Kier molecular flexibility index (Phi) is 2.53. The minimum atomic E-state index is -0.570. The topological polar surface area (TPSA) is 101 Å². The summed E-state index contributed by atoms with van der Waals surface area (Å²) in [4.78, 5) is 14.2. The molecule has 2 aromatic rings. The molecule has 2 aliphatic rings. The van der Waals surface area contributed by atoms with Crippen LogP contribution in [-0.4, -0.2) is 16.5 Å². The summed E-state index contributed by atoms with van der Waals surface area (Å²) < 4.78 is 11.5. The molecule has 0 bridgehead atoms. The Balaban J connectivity index is 1.70. The van der Waals surface area contributed by atoms with Gasteiger partial charge >= 0.3 is 5.69 Å². The van der Waals surface area contributed by atoms with Crippen molar-refractivity contribution in [2.24, 2.45) is 0 Å². The van der Waals surface area contributed by atoms with Gasteiger partial charge in [-0.15, -0.1) is 0 Å². The van der Waals surface area contributed by atoms with Gasteiger partial charge in [0.15, 0.2) is 0 Å². The molecule has 1 aromatic carbocycles. The molecule has 7 nitrogen and oxygen atoms in total. The van der Waals surface area contributed by atoms with Gasteiger partial charge in [0.05, 0.1) is 11.5 Å². The number of pyridine rings is 1. The first-order valence-electron chi connectivity index (χ1n) is 6.94. The largest absolute Gasteiger partial charge is 0.492 e. The summed E-state index contributed by atoms with van der Waals surface area (Å²) in [7, 11) is 0. The van der Waals surface area contributed by atoms with Gasteiger partial charge in [-0.25, -0.2) is 0 Å². The molecule has 2 heterocycles. The summed E-state index contributed by atoms with van der Waals surface area (Å²) in [5.41, 5.74) is 6.50. The number of nitro groups is 1. The van der Waals surface area contributed by atoms with Crippen LogP contribution in [0.25, 0.3) is 0 Å². The van der Waals surface area contributed by atoms with Crippen LogP contribution in [0.1, 0.15) is 18.4 Å². The Morgan fingerprint density at radius 2 is 2.14 bits per heavy atom. The summed E-state index contributed by atoms with van der Waals surface area (Å²) in [6.45, 7) is 0.679. The lowest BCUT2D eigenvalue weighted by Crippen LogP contribution is -2.08. The van der Waals surface area contributed by atoms with E-state index >= 15 is 0 Å². The average molecular weight is 299 g/mol. The van der Waals surface area contributed by atoms with Crippen LogP contribution < -0.4 is 15.2 Å².